The Morgan fingerprint density at radius 2 is 1.82 bits per heavy atom. The van der Waals surface area contributed by atoms with Crippen LogP contribution in [0.1, 0.15) is 19.5 Å². The Morgan fingerprint density at radius 1 is 1.29 bits per heavy atom. The highest BCUT2D eigenvalue weighted by atomic mass is 32.2. The van der Waals surface area contributed by atoms with Gasteiger partial charge in [-0.05, 0) is 20.8 Å². The lowest BCUT2D eigenvalue weighted by Gasteiger charge is -2.08. The number of nitrogens with zero attached hydrogens (tertiary/aromatic N) is 2. The van der Waals surface area contributed by atoms with E-state index in [9.17, 15) is 16.8 Å². The summed E-state index contributed by atoms with van der Waals surface area (Å²) in [6.07, 6.45) is 0.859. The van der Waals surface area contributed by atoms with E-state index in [0.717, 1.165) is 10.3 Å². The van der Waals surface area contributed by atoms with Crippen molar-refractivity contribution in [2.75, 3.05) is 6.26 Å². The minimum Gasteiger partial charge on any atom is -0.360 e. The standard InChI is InChI=1S/C8H14N2O5S2/c1-6(2)17(13,14)10-7(3)5-8(9-10)15-16(4,11)12/h5-6H,1-4H3. The van der Waals surface area contributed by atoms with Crippen LogP contribution < -0.4 is 4.18 Å². The molecule has 0 aromatic carbocycles. The van der Waals surface area contributed by atoms with Crippen LogP contribution >= 0.6 is 0 Å². The van der Waals surface area contributed by atoms with Gasteiger partial charge in [-0.3, -0.25) is 0 Å². The summed E-state index contributed by atoms with van der Waals surface area (Å²) in [6, 6.07) is 1.25. The van der Waals surface area contributed by atoms with Gasteiger partial charge in [0, 0.05) is 6.07 Å². The third-order valence-corrected chi connectivity index (χ3v) is 4.41. The molecule has 0 aliphatic heterocycles. The monoisotopic (exact) mass is 282 g/mol. The van der Waals surface area contributed by atoms with Crippen molar-refractivity contribution in [1.29, 1.82) is 0 Å². The molecule has 1 heterocycles. The minimum atomic E-state index is -3.72. The smallest absolute Gasteiger partial charge is 0.307 e. The van der Waals surface area contributed by atoms with Gasteiger partial charge in [-0.1, -0.05) is 0 Å². The molecule has 17 heavy (non-hydrogen) atoms. The van der Waals surface area contributed by atoms with Gasteiger partial charge in [0.2, 0.25) is 0 Å². The van der Waals surface area contributed by atoms with Crippen LogP contribution in [0.4, 0.5) is 0 Å². The van der Waals surface area contributed by atoms with Crippen molar-refractivity contribution in [3.63, 3.8) is 0 Å². The molecule has 1 rings (SSSR count). The molecule has 0 spiro atoms. The number of aryl methyl sites for hydroxylation is 1. The summed E-state index contributed by atoms with van der Waals surface area (Å²) in [7, 11) is -7.33. The highest BCUT2D eigenvalue weighted by Crippen LogP contribution is 2.16. The van der Waals surface area contributed by atoms with E-state index in [1.165, 1.54) is 26.8 Å². The van der Waals surface area contributed by atoms with Crippen LogP contribution in [-0.4, -0.2) is 37.5 Å². The van der Waals surface area contributed by atoms with Crippen molar-refractivity contribution >= 4 is 20.1 Å². The van der Waals surface area contributed by atoms with Crippen molar-refractivity contribution in [1.82, 2.24) is 9.19 Å². The van der Waals surface area contributed by atoms with Crippen LogP contribution in [0.25, 0.3) is 0 Å². The molecule has 1 aromatic heterocycles. The van der Waals surface area contributed by atoms with E-state index in [1.54, 1.807) is 0 Å². The largest absolute Gasteiger partial charge is 0.360 e. The summed E-state index contributed by atoms with van der Waals surface area (Å²) in [5, 5.41) is 2.96. The zero-order valence-electron chi connectivity index (χ0n) is 9.91. The fourth-order valence-electron chi connectivity index (χ4n) is 1.08. The van der Waals surface area contributed by atoms with Gasteiger partial charge in [-0.25, -0.2) is 8.42 Å². The maximum Gasteiger partial charge on any atom is 0.307 e. The van der Waals surface area contributed by atoms with Gasteiger partial charge in [0.25, 0.3) is 15.9 Å². The molecule has 1 aromatic rings. The first-order valence-corrected chi connectivity index (χ1v) is 8.06. The van der Waals surface area contributed by atoms with E-state index in [0.29, 0.717) is 0 Å². The molecule has 98 valence electrons. The second-order valence-electron chi connectivity index (χ2n) is 3.85. The molecule has 0 N–H and O–H groups in total. The second-order valence-corrected chi connectivity index (χ2v) is 7.74. The molecule has 0 saturated heterocycles. The first-order chi connectivity index (χ1) is 7.54. The van der Waals surface area contributed by atoms with Crippen molar-refractivity contribution < 1.29 is 21.0 Å². The Morgan fingerprint density at radius 3 is 2.24 bits per heavy atom. The fraction of sp³-hybridized carbons (Fsp3) is 0.625. The molecule has 0 saturated carbocycles. The van der Waals surface area contributed by atoms with E-state index in [1.807, 2.05) is 0 Å². The Labute approximate surface area is 101 Å². The summed E-state index contributed by atoms with van der Waals surface area (Å²) < 4.78 is 50.7. The van der Waals surface area contributed by atoms with Gasteiger partial charge in [0.05, 0.1) is 17.2 Å². The highest BCUT2D eigenvalue weighted by molar-refractivity contribution is 7.90. The third-order valence-electron chi connectivity index (χ3n) is 1.90. The Hall–Kier alpha value is -1.09. The normalized spacial score (nSPS) is 13.0. The maximum atomic E-state index is 11.8. The van der Waals surface area contributed by atoms with Crippen LogP contribution in [0.2, 0.25) is 0 Å². The predicted molar refractivity (Wildman–Crippen MR) is 61.9 cm³/mol. The molecule has 0 fully saturated rings. The molecule has 0 radical (unpaired) electrons. The molecule has 0 unspecified atom stereocenters. The molecule has 0 bridgehead atoms. The highest BCUT2D eigenvalue weighted by Gasteiger charge is 2.23. The number of hydrogen-bond donors (Lipinski definition) is 0. The van der Waals surface area contributed by atoms with Crippen molar-refractivity contribution in [2.24, 2.45) is 0 Å². The molecular formula is C8H14N2O5S2. The van der Waals surface area contributed by atoms with Crippen LogP contribution in [-0.2, 0) is 20.1 Å². The third kappa shape index (κ3) is 3.19. The molecule has 0 aliphatic rings. The average molecular weight is 282 g/mol. The maximum absolute atomic E-state index is 11.8. The van der Waals surface area contributed by atoms with Crippen LogP contribution in [0.15, 0.2) is 6.07 Å². The quantitative estimate of drug-likeness (QED) is 0.728. The van der Waals surface area contributed by atoms with Crippen LogP contribution in [0, 0.1) is 6.92 Å². The lowest BCUT2D eigenvalue weighted by molar-refractivity contribution is 0.478. The first-order valence-electron chi connectivity index (χ1n) is 4.74. The summed E-state index contributed by atoms with van der Waals surface area (Å²) in [4.78, 5) is 0. The molecule has 0 atom stereocenters. The Kier molecular flexibility index (Phi) is 3.53. The average Bonchev–Trinajstić information content (AvgIpc) is 2.43. The van der Waals surface area contributed by atoms with Crippen molar-refractivity contribution in [3.05, 3.63) is 11.8 Å². The van der Waals surface area contributed by atoms with E-state index in [-0.39, 0.29) is 11.6 Å². The molecule has 0 aliphatic carbocycles. The van der Waals surface area contributed by atoms with Gasteiger partial charge in [0.15, 0.2) is 0 Å². The lowest BCUT2D eigenvalue weighted by Crippen LogP contribution is -2.24. The summed E-state index contributed by atoms with van der Waals surface area (Å²) >= 11 is 0. The zero-order valence-corrected chi connectivity index (χ0v) is 11.5. The predicted octanol–water partition coefficient (Wildman–Crippen LogP) is 0.116. The Bertz CT molecular complexity index is 612. The second kappa shape index (κ2) is 4.30. The van der Waals surface area contributed by atoms with Crippen LogP contribution in [0.3, 0.4) is 0 Å². The summed E-state index contributed by atoms with van der Waals surface area (Å²) in [6.45, 7) is 4.52. The Balaban J connectivity index is 3.23. The summed E-state index contributed by atoms with van der Waals surface area (Å²) in [5.41, 5.74) is 0.289. The molecule has 0 amide bonds. The van der Waals surface area contributed by atoms with Gasteiger partial charge >= 0.3 is 10.1 Å². The van der Waals surface area contributed by atoms with Gasteiger partial charge in [-0.15, -0.1) is 5.10 Å². The van der Waals surface area contributed by atoms with E-state index >= 15 is 0 Å². The number of rotatable bonds is 4. The lowest BCUT2D eigenvalue weighted by atomic mass is 10.5. The fourth-order valence-corrected chi connectivity index (χ4v) is 2.52. The molecule has 7 nitrogen and oxygen atoms in total. The van der Waals surface area contributed by atoms with Crippen LogP contribution in [0.5, 0.6) is 5.88 Å². The SMILES string of the molecule is Cc1cc(OS(C)(=O)=O)nn1S(=O)(=O)C(C)C. The van der Waals surface area contributed by atoms with E-state index in [4.69, 9.17) is 0 Å². The minimum absolute atomic E-state index is 0.255. The molecule has 9 heteroatoms. The summed E-state index contributed by atoms with van der Waals surface area (Å²) in [5.74, 6) is -0.255. The number of aromatic nitrogens is 2. The first kappa shape index (κ1) is 14.0. The van der Waals surface area contributed by atoms with Gasteiger partial charge in [0.1, 0.15) is 0 Å². The van der Waals surface area contributed by atoms with Crippen molar-refractivity contribution in [3.8, 4) is 5.88 Å². The van der Waals surface area contributed by atoms with Gasteiger partial charge < -0.3 is 4.18 Å². The zero-order chi connectivity index (χ0) is 13.4. The van der Waals surface area contributed by atoms with E-state index < -0.39 is 25.4 Å². The molecular weight excluding hydrogens is 268 g/mol. The number of hydrogen-bond acceptors (Lipinski definition) is 6. The van der Waals surface area contributed by atoms with Gasteiger partial charge in [-0.2, -0.15) is 12.5 Å². The van der Waals surface area contributed by atoms with E-state index in [2.05, 4.69) is 9.28 Å². The topological polar surface area (TPSA) is 95.3 Å². The van der Waals surface area contributed by atoms with Crippen molar-refractivity contribution in [2.45, 2.75) is 26.0 Å².